The number of guanidine groups is 1. The first-order valence-electron chi connectivity index (χ1n) is 9.36. The molecule has 27 heavy (non-hydrogen) atoms. The van der Waals surface area contributed by atoms with Crippen LogP contribution in [0.4, 0.5) is 0 Å². The number of carbonyl (C=O) groups is 3. The van der Waals surface area contributed by atoms with Crippen LogP contribution in [-0.4, -0.2) is 42.7 Å². The Balaban J connectivity index is 0. The summed E-state index contributed by atoms with van der Waals surface area (Å²) in [5.41, 5.74) is 10.5. The molecule has 0 saturated carbocycles. The molecule has 0 radical (unpaired) electrons. The van der Waals surface area contributed by atoms with Gasteiger partial charge in [0.1, 0.15) is 12.3 Å². The summed E-state index contributed by atoms with van der Waals surface area (Å²) in [5.74, 6) is -0.343. The molecule has 0 spiro atoms. The Morgan fingerprint density at radius 2 is 1.67 bits per heavy atom. The molecule has 0 aromatic rings. The van der Waals surface area contributed by atoms with Crippen LogP contribution in [0.5, 0.6) is 0 Å². The van der Waals surface area contributed by atoms with Gasteiger partial charge in [0, 0.05) is 12.5 Å². The van der Waals surface area contributed by atoms with Crippen molar-refractivity contribution in [3.63, 3.8) is 0 Å². The zero-order valence-electron chi connectivity index (χ0n) is 16.9. The number of aliphatic imine (C=N–C) groups is 1. The van der Waals surface area contributed by atoms with Crippen LogP contribution in [-0.2, 0) is 14.4 Å². The smallest absolute Gasteiger partial charge is 0.243 e. The summed E-state index contributed by atoms with van der Waals surface area (Å²) in [5, 5.41) is 5.55. The van der Waals surface area contributed by atoms with E-state index in [0.717, 1.165) is 12.8 Å². The summed E-state index contributed by atoms with van der Waals surface area (Å²) in [6.07, 6.45) is 3.65. The molecule has 158 valence electrons. The lowest BCUT2D eigenvalue weighted by Gasteiger charge is -2.24. The lowest BCUT2D eigenvalue weighted by atomic mass is 9.99. The summed E-state index contributed by atoms with van der Waals surface area (Å²) in [7, 11) is 0. The second-order valence-corrected chi connectivity index (χ2v) is 6.90. The largest absolute Gasteiger partial charge is 0.370 e. The van der Waals surface area contributed by atoms with Crippen molar-refractivity contribution in [2.45, 2.75) is 71.9 Å². The normalized spacial score (nSPS) is 12.7. The molecule has 0 aliphatic heterocycles. The summed E-state index contributed by atoms with van der Waals surface area (Å²) < 4.78 is 0. The Morgan fingerprint density at radius 1 is 1.07 bits per heavy atom. The number of nitrogens with two attached hydrogens (primary N) is 2. The molecule has 0 saturated heterocycles. The van der Waals surface area contributed by atoms with E-state index in [4.69, 9.17) is 11.5 Å². The first-order valence-corrected chi connectivity index (χ1v) is 9.36. The zero-order valence-corrected chi connectivity index (χ0v) is 17.7. The minimum atomic E-state index is -0.650. The van der Waals surface area contributed by atoms with Gasteiger partial charge in [-0.2, -0.15) is 0 Å². The zero-order chi connectivity index (χ0) is 20.1. The van der Waals surface area contributed by atoms with Crippen molar-refractivity contribution in [3.8, 4) is 0 Å². The van der Waals surface area contributed by atoms with Crippen molar-refractivity contribution >= 4 is 36.5 Å². The molecule has 0 aromatic heterocycles. The van der Waals surface area contributed by atoms with Crippen molar-refractivity contribution in [1.29, 1.82) is 0 Å². The molecule has 0 rings (SSSR count). The second kappa shape index (κ2) is 15.2. The van der Waals surface area contributed by atoms with E-state index in [1.807, 2.05) is 27.7 Å². The van der Waals surface area contributed by atoms with Gasteiger partial charge in [-0.1, -0.05) is 27.7 Å². The Labute approximate surface area is 168 Å². The van der Waals surface area contributed by atoms with Gasteiger partial charge in [0.05, 0.1) is 6.04 Å². The molecule has 0 unspecified atom stereocenters. The number of rotatable bonds is 13. The number of hydrogen-bond donors (Lipinski definition) is 4. The fraction of sp³-hybridized carbons (Fsp3) is 0.778. The molecule has 0 heterocycles. The predicted octanol–water partition coefficient (Wildman–Crippen LogP) is 1.11. The average Bonchev–Trinajstić information content (AvgIpc) is 2.57. The van der Waals surface area contributed by atoms with Gasteiger partial charge in [-0.3, -0.25) is 14.6 Å². The maximum atomic E-state index is 12.6. The highest BCUT2D eigenvalue weighted by molar-refractivity contribution is 5.89. The van der Waals surface area contributed by atoms with Crippen molar-refractivity contribution in [2.24, 2.45) is 28.3 Å². The summed E-state index contributed by atoms with van der Waals surface area (Å²) in [4.78, 5) is 40.0. The van der Waals surface area contributed by atoms with E-state index in [-0.39, 0.29) is 42.0 Å². The summed E-state index contributed by atoms with van der Waals surface area (Å²) >= 11 is 0. The van der Waals surface area contributed by atoms with Crippen LogP contribution < -0.4 is 22.1 Å². The fourth-order valence-corrected chi connectivity index (χ4v) is 2.63. The highest BCUT2D eigenvalue weighted by atomic mass is 35.5. The van der Waals surface area contributed by atoms with Gasteiger partial charge in [0.2, 0.25) is 11.8 Å². The van der Waals surface area contributed by atoms with Crippen LogP contribution in [0.3, 0.4) is 0 Å². The minimum Gasteiger partial charge on any atom is -0.370 e. The third-order valence-electron chi connectivity index (χ3n) is 4.16. The highest BCUT2D eigenvalue weighted by Gasteiger charge is 2.26. The average molecular weight is 406 g/mol. The number of halogens is 1. The van der Waals surface area contributed by atoms with Gasteiger partial charge in [0.15, 0.2) is 5.96 Å². The van der Waals surface area contributed by atoms with E-state index in [0.29, 0.717) is 32.1 Å². The number of carbonyl (C=O) groups excluding carboxylic acids is 3. The van der Waals surface area contributed by atoms with Crippen molar-refractivity contribution < 1.29 is 14.4 Å². The molecular weight excluding hydrogens is 370 g/mol. The van der Waals surface area contributed by atoms with E-state index in [2.05, 4.69) is 15.6 Å². The molecule has 0 bridgehead atoms. The molecule has 2 amide bonds. The van der Waals surface area contributed by atoms with Gasteiger partial charge in [-0.25, -0.2) is 0 Å². The van der Waals surface area contributed by atoms with E-state index in [9.17, 15) is 14.4 Å². The van der Waals surface area contributed by atoms with Crippen LogP contribution in [0.15, 0.2) is 4.99 Å². The standard InChI is InChI=1S/C18H35N5O3.ClH/c1-5-13(6-2)16(25)23-15(10-12(3)4)17(26)22-14(11-24)8-7-9-21-18(19)20;/h11-15H,5-10H2,1-4H3,(H,22,26)(H,23,25)(H4,19,20,21);1H/t14-,15-;/m0./s1. The minimum absolute atomic E-state index is 0. The number of amides is 2. The first kappa shape index (κ1) is 27.4. The number of nitrogens with zero attached hydrogens (tertiary/aromatic N) is 1. The first-order chi connectivity index (χ1) is 12.2. The number of nitrogens with one attached hydrogen (secondary N) is 2. The number of aldehydes is 1. The van der Waals surface area contributed by atoms with Crippen LogP contribution in [0.1, 0.15) is 59.8 Å². The second-order valence-electron chi connectivity index (χ2n) is 6.90. The van der Waals surface area contributed by atoms with Crippen molar-refractivity contribution in [1.82, 2.24) is 10.6 Å². The third kappa shape index (κ3) is 12.2. The van der Waals surface area contributed by atoms with Crippen LogP contribution in [0.2, 0.25) is 0 Å². The lowest BCUT2D eigenvalue weighted by molar-refractivity contribution is -0.132. The summed E-state index contributed by atoms with van der Waals surface area (Å²) in [6.45, 7) is 8.25. The van der Waals surface area contributed by atoms with Crippen molar-refractivity contribution in [2.75, 3.05) is 6.54 Å². The van der Waals surface area contributed by atoms with Crippen LogP contribution in [0, 0.1) is 11.8 Å². The van der Waals surface area contributed by atoms with Gasteiger partial charge >= 0.3 is 0 Å². The Morgan fingerprint density at radius 3 is 2.11 bits per heavy atom. The maximum Gasteiger partial charge on any atom is 0.243 e. The lowest BCUT2D eigenvalue weighted by Crippen LogP contribution is -2.51. The molecular formula is C18H36ClN5O3. The molecule has 8 nitrogen and oxygen atoms in total. The number of hydrogen-bond acceptors (Lipinski definition) is 4. The van der Waals surface area contributed by atoms with Gasteiger partial charge < -0.3 is 26.9 Å². The third-order valence-corrected chi connectivity index (χ3v) is 4.16. The molecule has 6 N–H and O–H groups in total. The van der Waals surface area contributed by atoms with E-state index in [1.165, 1.54) is 0 Å². The molecule has 0 aromatic carbocycles. The summed E-state index contributed by atoms with van der Waals surface area (Å²) in [6, 6.07) is -1.28. The van der Waals surface area contributed by atoms with Gasteiger partial charge in [-0.05, 0) is 38.0 Å². The van der Waals surface area contributed by atoms with E-state index < -0.39 is 12.1 Å². The monoisotopic (exact) mass is 405 g/mol. The van der Waals surface area contributed by atoms with Crippen LogP contribution >= 0.6 is 12.4 Å². The quantitative estimate of drug-likeness (QED) is 0.157. The Hall–Kier alpha value is -1.83. The molecule has 2 atom stereocenters. The van der Waals surface area contributed by atoms with E-state index in [1.54, 1.807) is 0 Å². The molecule has 0 aliphatic rings. The van der Waals surface area contributed by atoms with E-state index >= 15 is 0 Å². The Kier molecular flexibility index (Phi) is 15.5. The molecule has 0 fully saturated rings. The molecule has 0 aliphatic carbocycles. The van der Waals surface area contributed by atoms with Gasteiger partial charge in [-0.15, -0.1) is 12.4 Å². The highest BCUT2D eigenvalue weighted by Crippen LogP contribution is 2.11. The topological polar surface area (TPSA) is 140 Å². The Bertz CT molecular complexity index is 478. The maximum absolute atomic E-state index is 12.6. The SMILES string of the molecule is CCC(CC)C(=O)N[C@@H](CC(C)C)C(=O)N[C@H](C=O)CCCN=C(N)N.Cl. The fourth-order valence-electron chi connectivity index (χ4n) is 2.63. The predicted molar refractivity (Wildman–Crippen MR) is 111 cm³/mol. The van der Waals surface area contributed by atoms with Crippen LogP contribution in [0.25, 0.3) is 0 Å². The molecule has 9 heteroatoms. The van der Waals surface area contributed by atoms with Gasteiger partial charge in [0.25, 0.3) is 0 Å². The van der Waals surface area contributed by atoms with Crippen molar-refractivity contribution in [3.05, 3.63) is 0 Å².